The molecule has 0 radical (unpaired) electrons. The predicted molar refractivity (Wildman–Crippen MR) is 128 cm³/mol. The van der Waals surface area contributed by atoms with Crippen LogP contribution in [0.1, 0.15) is 105 Å². The number of fused-ring (bicyclic) bond motifs is 5. The summed E-state index contributed by atoms with van der Waals surface area (Å²) >= 11 is 0. The molecule has 4 rings (SSSR count). The van der Waals surface area contributed by atoms with Crippen LogP contribution in [-0.2, 0) is 4.74 Å². The Kier molecular flexibility index (Phi) is 6.54. The zero-order valence-corrected chi connectivity index (χ0v) is 20.8. The van der Waals surface area contributed by atoms with Gasteiger partial charge in [0.15, 0.2) is 0 Å². The van der Waals surface area contributed by atoms with Crippen molar-refractivity contribution >= 4 is 6.09 Å². The SMILES string of the molecule is CC(C)CCC[C@@H](C)[C@H]1CCC2C3CC=C4C[C@@H](OC(N)=O)CC[C@]4(C)C3CC[C@@]21C. The molecule has 0 saturated heterocycles. The molecule has 3 nitrogen and oxygen atoms in total. The molecule has 3 heteroatoms. The lowest BCUT2D eigenvalue weighted by Crippen LogP contribution is -2.51. The Balaban J connectivity index is 1.47. The third kappa shape index (κ3) is 4.20. The Morgan fingerprint density at radius 3 is 2.58 bits per heavy atom. The monoisotopic (exact) mass is 429 g/mol. The van der Waals surface area contributed by atoms with Crippen LogP contribution in [0.3, 0.4) is 0 Å². The van der Waals surface area contributed by atoms with Gasteiger partial charge in [-0.15, -0.1) is 0 Å². The number of carbonyl (C=O) groups excluding carboxylic acids is 1. The van der Waals surface area contributed by atoms with Gasteiger partial charge in [-0.05, 0) is 91.3 Å². The maximum Gasteiger partial charge on any atom is 0.404 e. The van der Waals surface area contributed by atoms with Gasteiger partial charge in [-0.2, -0.15) is 0 Å². The van der Waals surface area contributed by atoms with Crippen LogP contribution in [0.4, 0.5) is 4.79 Å². The highest BCUT2D eigenvalue weighted by Crippen LogP contribution is 2.67. The lowest BCUT2D eigenvalue weighted by molar-refractivity contribution is -0.0578. The number of primary amides is 1. The lowest BCUT2D eigenvalue weighted by Gasteiger charge is -2.58. The third-order valence-electron chi connectivity index (χ3n) is 10.5. The first-order chi connectivity index (χ1) is 14.6. The molecule has 0 aromatic carbocycles. The van der Waals surface area contributed by atoms with E-state index in [1.807, 2.05) is 0 Å². The lowest BCUT2D eigenvalue weighted by atomic mass is 9.47. The van der Waals surface area contributed by atoms with Gasteiger partial charge in [0, 0.05) is 6.42 Å². The molecule has 0 heterocycles. The second kappa shape index (κ2) is 8.75. The van der Waals surface area contributed by atoms with Gasteiger partial charge in [-0.25, -0.2) is 4.79 Å². The summed E-state index contributed by atoms with van der Waals surface area (Å²) in [6.45, 7) is 12.5. The van der Waals surface area contributed by atoms with Crippen molar-refractivity contribution < 1.29 is 9.53 Å². The highest BCUT2D eigenvalue weighted by Gasteiger charge is 2.59. The maximum absolute atomic E-state index is 11.3. The molecule has 4 aliphatic rings. The summed E-state index contributed by atoms with van der Waals surface area (Å²) in [7, 11) is 0. The molecule has 2 N–H and O–H groups in total. The molecule has 176 valence electrons. The minimum atomic E-state index is -0.615. The van der Waals surface area contributed by atoms with Crippen LogP contribution >= 0.6 is 0 Å². The Morgan fingerprint density at radius 1 is 1.10 bits per heavy atom. The zero-order valence-electron chi connectivity index (χ0n) is 20.8. The van der Waals surface area contributed by atoms with Crippen molar-refractivity contribution in [1.29, 1.82) is 0 Å². The molecule has 8 atom stereocenters. The van der Waals surface area contributed by atoms with E-state index in [9.17, 15) is 4.79 Å². The van der Waals surface area contributed by atoms with E-state index < -0.39 is 6.09 Å². The number of hydrogen-bond donors (Lipinski definition) is 1. The maximum atomic E-state index is 11.3. The van der Waals surface area contributed by atoms with Gasteiger partial charge < -0.3 is 10.5 Å². The van der Waals surface area contributed by atoms with E-state index in [2.05, 4.69) is 40.7 Å². The summed E-state index contributed by atoms with van der Waals surface area (Å²) in [5.74, 6) is 5.20. The van der Waals surface area contributed by atoms with Crippen LogP contribution in [0, 0.1) is 46.3 Å². The van der Waals surface area contributed by atoms with Crippen molar-refractivity contribution in [2.24, 2.45) is 52.1 Å². The van der Waals surface area contributed by atoms with E-state index in [-0.39, 0.29) is 6.10 Å². The number of nitrogens with two attached hydrogens (primary N) is 1. The molecular weight excluding hydrogens is 382 g/mol. The summed E-state index contributed by atoms with van der Waals surface area (Å²) in [6, 6.07) is 0. The molecule has 31 heavy (non-hydrogen) atoms. The van der Waals surface area contributed by atoms with Crippen molar-refractivity contribution in [2.75, 3.05) is 0 Å². The van der Waals surface area contributed by atoms with E-state index in [0.717, 1.165) is 54.8 Å². The van der Waals surface area contributed by atoms with Crippen molar-refractivity contribution in [3.05, 3.63) is 11.6 Å². The van der Waals surface area contributed by atoms with Crippen molar-refractivity contribution in [3.63, 3.8) is 0 Å². The number of rotatable bonds is 6. The minimum Gasteiger partial charge on any atom is -0.446 e. The van der Waals surface area contributed by atoms with Gasteiger partial charge in [-0.1, -0.05) is 65.5 Å². The van der Waals surface area contributed by atoms with Crippen molar-refractivity contribution in [3.8, 4) is 0 Å². The summed E-state index contributed by atoms with van der Waals surface area (Å²) < 4.78 is 5.39. The summed E-state index contributed by atoms with van der Waals surface area (Å²) in [5, 5.41) is 0. The first-order valence-corrected chi connectivity index (χ1v) is 13.3. The highest BCUT2D eigenvalue weighted by molar-refractivity contribution is 5.64. The number of amides is 1. The second-order valence-corrected chi connectivity index (χ2v) is 12.6. The van der Waals surface area contributed by atoms with Crippen LogP contribution < -0.4 is 5.73 Å². The molecule has 0 spiro atoms. The quantitative estimate of drug-likeness (QED) is 0.445. The van der Waals surface area contributed by atoms with Gasteiger partial charge in [-0.3, -0.25) is 0 Å². The van der Waals surface area contributed by atoms with E-state index in [0.29, 0.717) is 10.8 Å². The average molecular weight is 430 g/mol. The first-order valence-electron chi connectivity index (χ1n) is 13.3. The average Bonchev–Trinajstić information content (AvgIpc) is 3.05. The van der Waals surface area contributed by atoms with E-state index in [1.54, 1.807) is 5.57 Å². The number of allylic oxidation sites excluding steroid dienone is 1. The Bertz CT molecular complexity index is 699. The number of ether oxygens (including phenoxy) is 1. The largest absolute Gasteiger partial charge is 0.446 e. The Labute approximate surface area is 190 Å². The van der Waals surface area contributed by atoms with Crippen LogP contribution in [0.2, 0.25) is 0 Å². The first kappa shape index (κ1) is 23.2. The van der Waals surface area contributed by atoms with E-state index in [4.69, 9.17) is 10.5 Å². The van der Waals surface area contributed by atoms with Gasteiger partial charge in [0.25, 0.3) is 0 Å². The predicted octanol–water partition coefficient (Wildman–Crippen LogP) is 7.49. The molecule has 3 saturated carbocycles. The molecule has 3 unspecified atom stereocenters. The molecular formula is C28H47NO2. The zero-order chi connectivity index (χ0) is 22.4. The highest BCUT2D eigenvalue weighted by atomic mass is 16.6. The smallest absolute Gasteiger partial charge is 0.404 e. The van der Waals surface area contributed by atoms with Gasteiger partial charge in [0.05, 0.1) is 0 Å². The van der Waals surface area contributed by atoms with Crippen LogP contribution in [-0.4, -0.2) is 12.2 Å². The molecule has 0 aromatic heterocycles. The van der Waals surface area contributed by atoms with E-state index in [1.165, 1.54) is 51.4 Å². The fourth-order valence-corrected chi connectivity index (χ4v) is 8.92. The molecule has 0 bridgehead atoms. The second-order valence-electron chi connectivity index (χ2n) is 12.6. The third-order valence-corrected chi connectivity index (χ3v) is 10.5. The minimum absolute atomic E-state index is 0.00946. The van der Waals surface area contributed by atoms with Gasteiger partial charge in [0.1, 0.15) is 6.10 Å². The summed E-state index contributed by atoms with van der Waals surface area (Å²) in [5.41, 5.74) is 7.72. The number of hydrogen-bond acceptors (Lipinski definition) is 2. The molecule has 0 aliphatic heterocycles. The normalized spacial score (nSPS) is 42.9. The van der Waals surface area contributed by atoms with Crippen LogP contribution in [0.25, 0.3) is 0 Å². The van der Waals surface area contributed by atoms with Crippen molar-refractivity contribution in [1.82, 2.24) is 0 Å². The summed E-state index contributed by atoms with van der Waals surface area (Å²) in [4.78, 5) is 11.3. The molecule has 0 aromatic rings. The van der Waals surface area contributed by atoms with Crippen LogP contribution in [0.5, 0.6) is 0 Å². The van der Waals surface area contributed by atoms with Crippen molar-refractivity contribution in [2.45, 2.75) is 111 Å². The van der Waals surface area contributed by atoms with Gasteiger partial charge in [0.2, 0.25) is 0 Å². The Morgan fingerprint density at radius 2 is 1.87 bits per heavy atom. The van der Waals surface area contributed by atoms with Gasteiger partial charge >= 0.3 is 6.09 Å². The fraction of sp³-hybridized carbons (Fsp3) is 0.893. The standard InChI is InChI=1S/C28H47NO2/c1-18(2)7-6-8-19(3)23-11-12-24-22-10-9-20-17-21(31-26(29)30)13-15-27(20,4)25(22)14-16-28(23,24)5/h9,18-19,21-25H,6-8,10-17H2,1-5H3,(H2,29,30)/t19-,21+,22?,23-,24?,25?,27+,28-/m1/s1. The summed E-state index contributed by atoms with van der Waals surface area (Å²) in [6.07, 6.45) is 16.1. The molecule has 1 amide bonds. The molecule has 4 aliphatic carbocycles. The van der Waals surface area contributed by atoms with E-state index >= 15 is 0 Å². The number of carbonyl (C=O) groups is 1. The fourth-order valence-electron chi connectivity index (χ4n) is 8.92. The van der Waals surface area contributed by atoms with Crippen LogP contribution in [0.15, 0.2) is 11.6 Å². The Hall–Kier alpha value is -0.990. The topological polar surface area (TPSA) is 52.3 Å². The molecule has 3 fully saturated rings.